The van der Waals surface area contributed by atoms with Gasteiger partial charge in [-0.05, 0) is 144 Å². The van der Waals surface area contributed by atoms with Crippen LogP contribution in [0.15, 0.2) is 206 Å². The zero-order valence-corrected chi connectivity index (χ0v) is 34.1. The van der Waals surface area contributed by atoms with E-state index in [1.54, 1.807) is 0 Å². The van der Waals surface area contributed by atoms with Gasteiger partial charge >= 0.3 is 0 Å². The maximum Gasteiger partial charge on any atom is 0.113 e. The Morgan fingerprint density at radius 3 is 1.54 bits per heavy atom. The monoisotopic (exact) mass is 764 g/mol. The predicted molar refractivity (Wildman–Crippen MR) is 258 cm³/mol. The summed E-state index contributed by atoms with van der Waals surface area (Å²) in [6.45, 7) is 5.07. The van der Waals surface area contributed by atoms with Crippen molar-refractivity contribution < 1.29 is 0 Å². The first-order valence-electron chi connectivity index (χ1n) is 20.7. The molecule has 11 aromatic carbocycles. The molecule has 0 unspecified atom stereocenters. The van der Waals surface area contributed by atoms with E-state index in [9.17, 15) is 0 Å². The molecule has 0 radical (unpaired) electrons. The lowest BCUT2D eigenvalue weighted by molar-refractivity contribution is 1.63. The summed E-state index contributed by atoms with van der Waals surface area (Å²) in [5, 5.41) is 15.8. The third kappa shape index (κ3) is 5.28. The van der Waals surface area contributed by atoms with Gasteiger partial charge in [0.2, 0.25) is 0 Å². The highest BCUT2D eigenvalue weighted by Crippen LogP contribution is 2.47. The fraction of sp³-hybridized carbons (Fsp3) is 0.0345. The molecule has 0 saturated carbocycles. The summed E-state index contributed by atoms with van der Waals surface area (Å²) in [5.74, 6) is 0. The van der Waals surface area contributed by atoms with E-state index in [4.69, 9.17) is 0 Å². The van der Waals surface area contributed by atoms with E-state index in [0.29, 0.717) is 0 Å². The van der Waals surface area contributed by atoms with Gasteiger partial charge in [0.1, 0.15) is 8.07 Å². The summed E-state index contributed by atoms with van der Waals surface area (Å²) in [5.41, 5.74) is 12.8. The number of fused-ring (bicyclic) bond motifs is 8. The number of benzene rings is 11. The molecule has 1 aliphatic heterocycles. The van der Waals surface area contributed by atoms with Crippen LogP contribution in [-0.2, 0) is 0 Å². The first kappa shape index (κ1) is 34.0. The molecule has 1 aliphatic rings. The van der Waals surface area contributed by atoms with Crippen LogP contribution in [0.3, 0.4) is 0 Å². The van der Waals surface area contributed by atoms with Gasteiger partial charge in [0, 0.05) is 0 Å². The molecular weight excluding hydrogens is 725 g/mol. The first-order chi connectivity index (χ1) is 29.0. The van der Waals surface area contributed by atoms with Gasteiger partial charge in [-0.3, -0.25) is 0 Å². The lowest BCUT2D eigenvalue weighted by Crippen LogP contribution is -2.49. The van der Waals surface area contributed by atoms with Crippen molar-refractivity contribution in [3.8, 4) is 55.6 Å². The zero-order chi connectivity index (χ0) is 39.2. The highest BCUT2D eigenvalue weighted by Gasteiger charge is 2.38. The third-order valence-electron chi connectivity index (χ3n) is 13.2. The van der Waals surface area contributed by atoms with E-state index in [2.05, 4.69) is 219 Å². The van der Waals surface area contributed by atoms with Gasteiger partial charge in [-0.2, -0.15) is 0 Å². The summed E-state index contributed by atoms with van der Waals surface area (Å²) in [6.07, 6.45) is 0. The molecule has 0 aliphatic carbocycles. The van der Waals surface area contributed by atoms with Crippen LogP contribution >= 0.6 is 0 Å². The Kier molecular flexibility index (Phi) is 7.48. The maximum absolute atomic E-state index is 2.61. The largest absolute Gasteiger partial charge is 0.113 e. The van der Waals surface area contributed by atoms with Crippen molar-refractivity contribution in [3.05, 3.63) is 206 Å². The molecule has 0 saturated heterocycles. The maximum atomic E-state index is 2.61. The van der Waals surface area contributed by atoms with Crippen molar-refractivity contribution in [2.45, 2.75) is 13.1 Å². The standard InChI is InChI=1S/C58H40Si/c1-59(2)55-21-10-9-19-49(55)51-35-53-54(36-56(51)59)58(46-29-23-38-13-4-6-16-43(38)33-46)52-34-45(44-28-22-37-12-3-5-15-42(37)32-44)30-31-50(52)57(53)41-26-24-40(25-27-41)48-20-11-17-39-14-7-8-18-47(39)48/h3-36H,1-2H3. The van der Waals surface area contributed by atoms with Crippen molar-refractivity contribution in [1.29, 1.82) is 0 Å². The SMILES string of the molecule is C[Si]1(C)c2ccccc2-c2cc3c(-c4ccc(-c5cccc6ccccc56)cc4)c4ccc(-c5ccc6ccccc6c5)cc4c(-c4ccc5ccccc5c4)c3cc21. The Bertz CT molecular complexity index is 3510. The topological polar surface area (TPSA) is 0 Å². The molecule has 11 aromatic rings. The van der Waals surface area contributed by atoms with Crippen molar-refractivity contribution in [3.63, 3.8) is 0 Å². The molecule has 12 rings (SSSR count). The van der Waals surface area contributed by atoms with Gasteiger partial charge in [-0.15, -0.1) is 0 Å². The summed E-state index contributed by atoms with van der Waals surface area (Å²) in [7, 11) is -1.99. The molecule has 0 N–H and O–H groups in total. The Balaban J connectivity index is 1.19. The van der Waals surface area contributed by atoms with E-state index in [-0.39, 0.29) is 0 Å². The number of hydrogen-bond donors (Lipinski definition) is 0. The predicted octanol–water partition coefficient (Wildman–Crippen LogP) is 14.9. The number of hydrogen-bond acceptors (Lipinski definition) is 0. The van der Waals surface area contributed by atoms with Crippen molar-refractivity contribution >= 4 is 72.3 Å². The Morgan fingerprint density at radius 2 is 0.763 bits per heavy atom. The average Bonchev–Trinajstić information content (AvgIpc) is 3.51. The lowest BCUT2D eigenvalue weighted by atomic mass is 9.83. The van der Waals surface area contributed by atoms with Crippen LogP contribution in [0.25, 0.3) is 109 Å². The van der Waals surface area contributed by atoms with E-state index in [1.165, 1.54) is 120 Å². The smallest absolute Gasteiger partial charge is 0.0623 e. The molecule has 0 amide bonds. The lowest BCUT2D eigenvalue weighted by Gasteiger charge is -2.23. The summed E-state index contributed by atoms with van der Waals surface area (Å²) >= 11 is 0. The third-order valence-corrected chi connectivity index (χ3v) is 16.8. The van der Waals surface area contributed by atoms with Gasteiger partial charge in [-0.1, -0.05) is 195 Å². The molecule has 1 heteroatoms. The van der Waals surface area contributed by atoms with Crippen LogP contribution in [0.1, 0.15) is 0 Å². The highest BCUT2D eigenvalue weighted by molar-refractivity contribution is 7.04. The van der Waals surface area contributed by atoms with Gasteiger partial charge in [0.05, 0.1) is 0 Å². The Labute approximate surface area is 345 Å². The van der Waals surface area contributed by atoms with E-state index in [0.717, 1.165) is 0 Å². The number of rotatable bonds is 4. The van der Waals surface area contributed by atoms with E-state index in [1.807, 2.05) is 0 Å². The van der Waals surface area contributed by atoms with Crippen LogP contribution in [0.5, 0.6) is 0 Å². The molecule has 0 spiro atoms. The molecule has 276 valence electrons. The Hall–Kier alpha value is -7.06. The minimum Gasteiger partial charge on any atom is -0.0623 e. The molecule has 0 aromatic heterocycles. The van der Waals surface area contributed by atoms with Crippen LogP contribution in [0.4, 0.5) is 0 Å². The van der Waals surface area contributed by atoms with Crippen LogP contribution in [0.2, 0.25) is 13.1 Å². The van der Waals surface area contributed by atoms with Gasteiger partial charge in [0.25, 0.3) is 0 Å². The fourth-order valence-electron chi connectivity index (χ4n) is 10.2. The Morgan fingerprint density at radius 1 is 0.254 bits per heavy atom. The summed E-state index contributed by atoms with van der Waals surface area (Å²) in [4.78, 5) is 0. The second kappa shape index (κ2) is 13.0. The molecule has 1 heterocycles. The summed E-state index contributed by atoms with van der Waals surface area (Å²) in [6, 6.07) is 77.6. The van der Waals surface area contributed by atoms with Gasteiger partial charge in [-0.25, -0.2) is 0 Å². The molecule has 0 atom stereocenters. The van der Waals surface area contributed by atoms with Gasteiger partial charge < -0.3 is 0 Å². The zero-order valence-electron chi connectivity index (χ0n) is 33.1. The second-order valence-electron chi connectivity index (χ2n) is 16.9. The van der Waals surface area contributed by atoms with Crippen molar-refractivity contribution in [2.75, 3.05) is 0 Å². The molecule has 59 heavy (non-hydrogen) atoms. The first-order valence-corrected chi connectivity index (χ1v) is 23.7. The van der Waals surface area contributed by atoms with E-state index < -0.39 is 8.07 Å². The van der Waals surface area contributed by atoms with Crippen LogP contribution < -0.4 is 10.4 Å². The fourth-order valence-corrected chi connectivity index (χ4v) is 13.3. The normalized spacial score (nSPS) is 13.1. The molecule has 0 nitrogen and oxygen atoms in total. The molecule has 0 bridgehead atoms. The van der Waals surface area contributed by atoms with Crippen LogP contribution in [-0.4, -0.2) is 8.07 Å². The highest BCUT2D eigenvalue weighted by atomic mass is 28.3. The van der Waals surface area contributed by atoms with Crippen molar-refractivity contribution in [1.82, 2.24) is 0 Å². The average molecular weight is 765 g/mol. The van der Waals surface area contributed by atoms with E-state index >= 15 is 0 Å². The minimum atomic E-state index is -1.99. The molecular formula is C58H40Si. The minimum absolute atomic E-state index is 1.23. The molecule has 0 fully saturated rings. The van der Waals surface area contributed by atoms with Crippen molar-refractivity contribution in [2.24, 2.45) is 0 Å². The summed E-state index contributed by atoms with van der Waals surface area (Å²) < 4.78 is 0. The van der Waals surface area contributed by atoms with Gasteiger partial charge in [0.15, 0.2) is 0 Å². The van der Waals surface area contributed by atoms with Crippen LogP contribution in [0, 0.1) is 0 Å². The quantitative estimate of drug-likeness (QED) is 0.124. The second-order valence-corrected chi connectivity index (χ2v) is 21.2.